The minimum absolute atomic E-state index is 0.0137. The summed E-state index contributed by atoms with van der Waals surface area (Å²) in [5, 5.41) is 12.4. The monoisotopic (exact) mass is 422 g/mol. The van der Waals surface area contributed by atoms with E-state index >= 15 is 0 Å². The first-order valence-corrected chi connectivity index (χ1v) is 10.6. The number of anilines is 2. The van der Waals surface area contributed by atoms with E-state index in [0.717, 1.165) is 22.0 Å². The normalized spacial score (nSPS) is 16.0. The van der Waals surface area contributed by atoms with E-state index in [-0.39, 0.29) is 17.7 Å². The van der Waals surface area contributed by atoms with Crippen molar-refractivity contribution in [1.29, 1.82) is 0 Å². The highest BCUT2D eigenvalue weighted by molar-refractivity contribution is 7.15. The van der Waals surface area contributed by atoms with Crippen molar-refractivity contribution in [2.75, 3.05) is 23.9 Å². The van der Waals surface area contributed by atoms with Crippen molar-refractivity contribution >= 4 is 34.0 Å². The number of benzene rings is 2. The Morgan fingerprint density at radius 1 is 1.17 bits per heavy atom. The molecule has 30 heavy (non-hydrogen) atoms. The Bertz CT molecular complexity index is 1020. The van der Waals surface area contributed by atoms with Crippen LogP contribution < -0.4 is 15.0 Å². The van der Waals surface area contributed by atoms with Gasteiger partial charge in [-0.05, 0) is 36.2 Å². The van der Waals surface area contributed by atoms with Crippen molar-refractivity contribution in [3.05, 3.63) is 65.2 Å². The first kappa shape index (κ1) is 20.0. The zero-order valence-electron chi connectivity index (χ0n) is 16.6. The molecule has 2 heterocycles. The Morgan fingerprint density at radius 3 is 2.67 bits per heavy atom. The molecule has 0 saturated carbocycles. The number of aromatic nitrogens is 2. The molecule has 4 rings (SSSR count). The highest BCUT2D eigenvalue weighted by Gasteiger charge is 2.33. The Balaban J connectivity index is 1.31. The third-order valence-electron chi connectivity index (χ3n) is 5.03. The molecule has 7 nitrogen and oxygen atoms in total. The lowest BCUT2D eigenvalue weighted by Gasteiger charge is -2.15. The van der Waals surface area contributed by atoms with Crippen LogP contribution in [0.3, 0.4) is 0 Å². The van der Waals surface area contributed by atoms with Crippen LogP contribution in [0.2, 0.25) is 0 Å². The van der Waals surface area contributed by atoms with Crippen LogP contribution in [0.15, 0.2) is 54.6 Å². The smallest absolute Gasteiger partial charge is 0.227 e. The number of para-hydroxylation sites is 1. The van der Waals surface area contributed by atoms with Gasteiger partial charge < -0.3 is 15.0 Å². The van der Waals surface area contributed by atoms with Gasteiger partial charge in [-0.25, -0.2) is 0 Å². The van der Waals surface area contributed by atoms with Crippen molar-refractivity contribution in [3.63, 3.8) is 0 Å². The number of rotatable bonds is 7. The molecule has 2 amide bonds. The van der Waals surface area contributed by atoms with Gasteiger partial charge in [-0.2, -0.15) is 0 Å². The Kier molecular flexibility index (Phi) is 6.04. The van der Waals surface area contributed by atoms with Crippen LogP contribution in [0.1, 0.15) is 29.3 Å². The predicted molar refractivity (Wildman–Crippen MR) is 116 cm³/mol. The maximum absolute atomic E-state index is 12.4. The zero-order valence-corrected chi connectivity index (χ0v) is 17.4. The van der Waals surface area contributed by atoms with Crippen LogP contribution in [0.4, 0.5) is 10.8 Å². The lowest BCUT2D eigenvalue weighted by atomic mass is 10.1. The number of methoxy groups -OCH3 is 1. The summed E-state index contributed by atoms with van der Waals surface area (Å²) in [5.74, 6) is 0.745. The molecule has 1 atom stereocenters. The van der Waals surface area contributed by atoms with E-state index in [9.17, 15) is 9.59 Å². The molecule has 1 aliphatic rings. The van der Waals surface area contributed by atoms with Crippen LogP contribution in [0.5, 0.6) is 5.75 Å². The van der Waals surface area contributed by atoms with Gasteiger partial charge in [0.25, 0.3) is 0 Å². The van der Waals surface area contributed by atoms with Gasteiger partial charge in [0.15, 0.2) is 0 Å². The van der Waals surface area contributed by atoms with Crippen molar-refractivity contribution in [2.45, 2.75) is 25.2 Å². The molecule has 1 unspecified atom stereocenters. The number of hydrogen-bond donors (Lipinski definition) is 1. The summed E-state index contributed by atoms with van der Waals surface area (Å²) in [6, 6.07) is 17.3. The van der Waals surface area contributed by atoms with Gasteiger partial charge in [0.2, 0.25) is 16.9 Å². The van der Waals surface area contributed by atoms with Crippen LogP contribution in [0.25, 0.3) is 0 Å². The zero-order chi connectivity index (χ0) is 20.9. The molecule has 0 bridgehead atoms. The molecule has 3 aromatic rings. The molecular weight excluding hydrogens is 400 g/mol. The van der Waals surface area contributed by atoms with E-state index in [1.54, 1.807) is 12.0 Å². The molecular formula is C22H22N4O3S. The number of hydrogen-bond acceptors (Lipinski definition) is 6. The summed E-state index contributed by atoms with van der Waals surface area (Å²) in [4.78, 5) is 26.5. The van der Waals surface area contributed by atoms with E-state index in [1.807, 2.05) is 54.6 Å². The molecule has 8 heteroatoms. The number of nitrogens with one attached hydrogen (secondary N) is 1. The van der Waals surface area contributed by atoms with Crippen LogP contribution in [-0.2, 0) is 16.0 Å². The molecule has 1 aromatic heterocycles. The molecule has 1 N–H and O–H groups in total. The first-order chi connectivity index (χ1) is 14.6. The van der Waals surface area contributed by atoms with Gasteiger partial charge >= 0.3 is 0 Å². The summed E-state index contributed by atoms with van der Waals surface area (Å²) >= 11 is 1.33. The quantitative estimate of drug-likeness (QED) is 0.628. The van der Waals surface area contributed by atoms with Crippen LogP contribution >= 0.6 is 11.3 Å². The minimum atomic E-state index is -0.109. The standard InChI is InChI=1S/C22H22N4O3S/c1-29-18-10-7-15(8-11-18)9-12-19(27)23-22-25-24-21(30-22)16-13-20(28)26(14-16)17-5-3-2-4-6-17/h2-8,10-11,16H,9,12-14H2,1H3,(H,23,25,27). The Labute approximate surface area is 178 Å². The number of nitrogens with zero attached hydrogens (tertiary/aromatic N) is 3. The van der Waals surface area contributed by atoms with Gasteiger partial charge in [0, 0.05) is 31.0 Å². The van der Waals surface area contributed by atoms with Gasteiger partial charge in [0.1, 0.15) is 10.8 Å². The van der Waals surface area contributed by atoms with E-state index < -0.39 is 0 Å². The molecule has 2 aromatic carbocycles. The third kappa shape index (κ3) is 4.65. The summed E-state index contributed by atoms with van der Waals surface area (Å²) in [6.45, 7) is 0.572. The summed E-state index contributed by atoms with van der Waals surface area (Å²) in [7, 11) is 1.62. The van der Waals surface area contributed by atoms with E-state index in [2.05, 4.69) is 15.5 Å². The molecule has 0 radical (unpaired) electrons. The fraction of sp³-hybridized carbons (Fsp3) is 0.273. The van der Waals surface area contributed by atoms with Gasteiger partial charge in [-0.3, -0.25) is 9.59 Å². The number of carbonyl (C=O) groups excluding carboxylic acids is 2. The Morgan fingerprint density at radius 2 is 1.93 bits per heavy atom. The third-order valence-corrected chi connectivity index (χ3v) is 6.03. The van der Waals surface area contributed by atoms with Crippen LogP contribution in [-0.4, -0.2) is 35.7 Å². The minimum Gasteiger partial charge on any atom is -0.497 e. The fourth-order valence-corrected chi connectivity index (χ4v) is 4.26. The van der Waals surface area contributed by atoms with Crippen LogP contribution in [0, 0.1) is 0 Å². The highest BCUT2D eigenvalue weighted by atomic mass is 32.1. The van der Waals surface area contributed by atoms with E-state index in [1.165, 1.54) is 11.3 Å². The van der Waals surface area contributed by atoms with Gasteiger partial charge in [-0.1, -0.05) is 41.7 Å². The van der Waals surface area contributed by atoms with E-state index in [0.29, 0.717) is 30.9 Å². The summed E-state index contributed by atoms with van der Waals surface area (Å²) < 4.78 is 5.14. The lowest BCUT2D eigenvalue weighted by Crippen LogP contribution is -2.24. The number of carbonyl (C=O) groups is 2. The van der Waals surface area contributed by atoms with Crippen molar-refractivity contribution in [2.24, 2.45) is 0 Å². The molecule has 1 saturated heterocycles. The molecule has 154 valence electrons. The lowest BCUT2D eigenvalue weighted by molar-refractivity contribution is -0.117. The fourth-order valence-electron chi connectivity index (χ4n) is 3.41. The van der Waals surface area contributed by atoms with Crippen molar-refractivity contribution in [3.8, 4) is 5.75 Å². The van der Waals surface area contributed by atoms with Crippen molar-refractivity contribution < 1.29 is 14.3 Å². The van der Waals surface area contributed by atoms with E-state index in [4.69, 9.17) is 4.74 Å². The second kappa shape index (κ2) is 9.04. The van der Waals surface area contributed by atoms with Gasteiger partial charge in [-0.15, -0.1) is 10.2 Å². The highest BCUT2D eigenvalue weighted by Crippen LogP contribution is 2.34. The topological polar surface area (TPSA) is 84.4 Å². The SMILES string of the molecule is COc1ccc(CCC(=O)Nc2nnc(C3CC(=O)N(c4ccccc4)C3)s2)cc1. The maximum atomic E-state index is 12.4. The Hall–Kier alpha value is -3.26. The number of ether oxygens (including phenoxy) is 1. The van der Waals surface area contributed by atoms with Crippen molar-refractivity contribution in [1.82, 2.24) is 10.2 Å². The predicted octanol–water partition coefficient (Wildman–Crippen LogP) is 3.64. The molecule has 1 fully saturated rings. The second-order valence-corrected chi connectivity index (χ2v) is 8.09. The summed E-state index contributed by atoms with van der Waals surface area (Å²) in [6.07, 6.45) is 1.38. The largest absolute Gasteiger partial charge is 0.497 e. The second-order valence-electron chi connectivity index (χ2n) is 7.08. The average Bonchev–Trinajstić information content (AvgIpc) is 3.39. The molecule has 0 spiro atoms. The average molecular weight is 423 g/mol. The maximum Gasteiger partial charge on any atom is 0.227 e. The van der Waals surface area contributed by atoms with Gasteiger partial charge in [0.05, 0.1) is 7.11 Å². The first-order valence-electron chi connectivity index (χ1n) is 9.74. The number of aryl methyl sites for hydroxylation is 1. The summed E-state index contributed by atoms with van der Waals surface area (Å²) in [5.41, 5.74) is 1.95. The molecule has 1 aliphatic heterocycles. The molecule has 0 aliphatic carbocycles. The number of amides is 2.